The number of anilines is 2. The van der Waals surface area contributed by atoms with E-state index in [-0.39, 0.29) is 17.2 Å². The van der Waals surface area contributed by atoms with Gasteiger partial charge in [-0.3, -0.25) is 4.79 Å². The van der Waals surface area contributed by atoms with Crippen LogP contribution < -0.4 is 11.5 Å². The van der Waals surface area contributed by atoms with E-state index in [1.807, 2.05) is 24.3 Å². The first-order chi connectivity index (χ1) is 11.8. The number of Topliss-reactive ketones (excluding diaryl/α,β-unsaturated/α-hetero) is 1. The highest BCUT2D eigenvalue weighted by Gasteiger charge is 2.22. The molecule has 5 nitrogen and oxygen atoms in total. The summed E-state index contributed by atoms with van der Waals surface area (Å²) in [5.41, 5.74) is 15.5. The summed E-state index contributed by atoms with van der Waals surface area (Å²) in [7, 11) is 0. The summed E-state index contributed by atoms with van der Waals surface area (Å²) in [5.74, 6) is 0.426. The van der Waals surface area contributed by atoms with E-state index in [2.05, 4.69) is 24.9 Å². The first-order valence-corrected chi connectivity index (χ1v) is 8.69. The number of nitrogens with zero attached hydrogens (tertiary/aromatic N) is 2. The van der Waals surface area contributed by atoms with Crippen LogP contribution in [0.1, 0.15) is 47.5 Å². The third-order valence-electron chi connectivity index (χ3n) is 4.20. The highest BCUT2D eigenvalue weighted by molar-refractivity contribution is 7.21. The third kappa shape index (κ3) is 2.73. The molecule has 2 heterocycles. The summed E-state index contributed by atoms with van der Waals surface area (Å²) in [6.45, 7) is 5.70. The quantitative estimate of drug-likeness (QED) is 0.684. The molecular weight excluding hydrogens is 332 g/mol. The van der Waals surface area contributed by atoms with E-state index in [4.69, 9.17) is 11.5 Å². The van der Waals surface area contributed by atoms with Crippen LogP contribution >= 0.6 is 11.3 Å². The number of hydrogen-bond donors (Lipinski definition) is 2. The number of pyridine rings is 1. The summed E-state index contributed by atoms with van der Waals surface area (Å²) in [5, 5.41) is 10.2. The maximum atomic E-state index is 11.8. The predicted molar refractivity (Wildman–Crippen MR) is 103 cm³/mol. The van der Waals surface area contributed by atoms with Crippen molar-refractivity contribution in [1.29, 1.82) is 5.26 Å². The van der Waals surface area contributed by atoms with Crippen LogP contribution in [0.5, 0.6) is 0 Å². The maximum absolute atomic E-state index is 11.8. The fourth-order valence-electron chi connectivity index (χ4n) is 2.87. The monoisotopic (exact) mass is 350 g/mol. The molecule has 0 bridgehead atoms. The molecule has 0 aliphatic rings. The number of benzene rings is 1. The zero-order valence-electron chi connectivity index (χ0n) is 14.3. The number of nitrogen functional groups attached to an aromatic ring is 2. The van der Waals surface area contributed by atoms with E-state index in [1.165, 1.54) is 23.8 Å². The van der Waals surface area contributed by atoms with Crippen molar-refractivity contribution in [3.63, 3.8) is 0 Å². The van der Waals surface area contributed by atoms with E-state index >= 15 is 0 Å². The highest BCUT2D eigenvalue weighted by atomic mass is 32.1. The number of hydrogen-bond acceptors (Lipinski definition) is 6. The van der Waals surface area contributed by atoms with E-state index in [0.717, 1.165) is 5.56 Å². The number of ketones is 1. The van der Waals surface area contributed by atoms with Gasteiger partial charge in [0.05, 0.1) is 10.6 Å². The molecule has 0 amide bonds. The summed E-state index contributed by atoms with van der Waals surface area (Å²) >= 11 is 1.21. The minimum atomic E-state index is -0.126. The number of nitrogens with two attached hydrogens (primary N) is 2. The lowest BCUT2D eigenvalue weighted by atomic mass is 9.94. The Hall–Kier alpha value is -2.91. The van der Waals surface area contributed by atoms with Gasteiger partial charge in [0, 0.05) is 17.9 Å². The molecule has 6 heteroatoms. The molecule has 1 aromatic carbocycles. The van der Waals surface area contributed by atoms with Gasteiger partial charge in [-0.25, -0.2) is 4.98 Å². The van der Waals surface area contributed by atoms with E-state index in [9.17, 15) is 10.1 Å². The lowest BCUT2D eigenvalue weighted by molar-refractivity contribution is 0.102. The molecule has 0 spiro atoms. The molecule has 0 radical (unpaired) electrons. The number of carbonyl (C=O) groups excluding carboxylic acids is 1. The first-order valence-electron chi connectivity index (χ1n) is 7.88. The van der Waals surface area contributed by atoms with Gasteiger partial charge < -0.3 is 11.5 Å². The van der Waals surface area contributed by atoms with Crippen molar-refractivity contribution in [2.24, 2.45) is 0 Å². The molecular formula is C19H18N4OS. The van der Waals surface area contributed by atoms with Gasteiger partial charge in [-0.1, -0.05) is 38.1 Å². The third-order valence-corrected chi connectivity index (χ3v) is 5.40. The number of fused-ring (bicyclic) bond motifs is 1. The minimum absolute atomic E-state index is 0.126. The normalized spacial score (nSPS) is 11.0. The van der Waals surface area contributed by atoms with Crippen molar-refractivity contribution in [3.8, 4) is 17.2 Å². The van der Waals surface area contributed by atoms with Crippen molar-refractivity contribution >= 4 is 38.8 Å². The zero-order chi connectivity index (χ0) is 18.3. The SMILES string of the molecule is CC(=O)c1sc2nc(N)c(C#N)c(-c3ccc(C(C)C)cc3)c2c1N. The van der Waals surface area contributed by atoms with Crippen molar-refractivity contribution in [3.05, 3.63) is 40.3 Å². The van der Waals surface area contributed by atoms with Crippen LogP contribution in [-0.4, -0.2) is 10.8 Å². The van der Waals surface area contributed by atoms with Gasteiger partial charge in [0.25, 0.3) is 0 Å². The highest BCUT2D eigenvalue weighted by Crippen LogP contribution is 2.42. The first kappa shape index (κ1) is 16.9. The molecule has 0 saturated carbocycles. The number of nitriles is 1. The smallest absolute Gasteiger partial charge is 0.171 e. The van der Waals surface area contributed by atoms with Crippen LogP contribution in [0.25, 0.3) is 21.3 Å². The Bertz CT molecular complexity index is 1030. The Labute approximate surface area is 149 Å². The van der Waals surface area contributed by atoms with E-state index in [1.54, 1.807) is 0 Å². The molecule has 0 saturated heterocycles. The Morgan fingerprint density at radius 1 is 1.24 bits per heavy atom. The van der Waals surface area contributed by atoms with Gasteiger partial charge in [-0.2, -0.15) is 5.26 Å². The standard InChI is InChI=1S/C19H18N4OS/c1-9(2)11-4-6-12(7-5-11)14-13(8-20)18(22)23-19-15(14)16(21)17(25-19)10(3)24/h4-7,9H,21H2,1-3H3,(H2,22,23). The number of thiophene rings is 1. The summed E-state index contributed by atoms with van der Waals surface area (Å²) < 4.78 is 0. The van der Waals surface area contributed by atoms with Crippen molar-refractivity contribution in [2.45, 2.75) is 26.7 Å². The van der Waals surface area contributed by atoms with Gasteiger partial charge in [-0.05, 0) is 17.0 Å². The second-order valence-electron chi connectivity index (χ2n) is 6.22. The summed E-state index contributed by atoms with van der Waals surface area (Å²) in [6, 6.07) is 10.1. The van der Waals surface area contributed by atoms with Crippen LogP contribution in [0.15, 0.2) is 24.3 Å². The Balaban J connectivity index is 2.39. The van der Waals surface area contributed by atoms with Crippen molar-refractivity contribution in [2.75, 3.05) is 11.5 Å². The zero-order valence-corrected chi connectivity index (χ0v) is 15.1. The van der Waals surface area contributed by atoms with Gasteiger partial charge >= 0.3 is 0 Å². The van der Waals surface area contributed by atoms with Crippen molar-refractivity contribution < 1.29 is 4.79 Å². The molecule has 4 N–H and O–H groups in total. The maximum Gasteiger partial charge on any atom is 0.171 e. The summed E-state index contributed by atoms with van der Waals surface area (Å²) in [4.78, 5) is 17.1. The molecule has 2 aromatic heterocycles. The molecule has 0 aliphatic heterocycles. The van der Waals surface area contributed by atoms with Crippen molar-refractivity contribution in [1.82, 2.24) is 4.98 Å². The van der Waals surface area contributed by atoms with E-state index in [0.29, 0.717) is 32.3 Å². The largest absolute Gasteiger partial charge is 0.397 e. The Kier molecular flexibility index (Phi) is 4.19. The fourth-order valence-corrected chi connectivity index (χ4v) is 3.88. The van der Waals surface area contributed by atoms with Gasteiger partial charge in [-0.15, -0.1) is 11.3 Å². The number of rotatable bonds is 3. The molecule has 0 atom stereocenters. The average molecular weight is 350 g/mol. The summed E-state index contributed by atoms with van der Waals surface area (Å²) in [6.07, 6.45) is 0. The fraction of sp³-hybridized carbons (Fsp3) is 0.211. The topological polar surface area (TPSA) is 106 Å². The molecule has 3 aromatic rings. The number of aromatic nitrogens is 1. The lowest BCUT2D eigenvalue weighted by Crippen LogP contribution is -2.00. The molecule has 0 fully saturated rings. The average Bonchev–Trinajstić information content (AvgIpc) is 2.90. The molecule has 3 rings (SSSR count). The molecule has 25 heavy (non-hydrogen) atoms. The second kappa shape index (κ2) is 6.19. The van der Waals surface area contributed by atoms with Crippen LogP contribution in [0.3, 0.4) is 0 Å². The van der Waals surface area contributed by atoms with Gasteiger partial charge in [0.2, 0.25) is 0 Å². The number of carbonyl (C=O) groups is 1. The van der Waals surface area contributed by atoms with Crippen LogP contribution in [0, 0.1) is 11.3 Å². The molecule has 0 aliphatic carbocycles. The van der Waals surface area contributed by atoms with Crippen LogP contribution in [0.4, 0.5) is 11.5 Å². The molecule has 126 valence electrons. The van der Waals surface area contributed by atoms with Crippen LogP contribution in [-0.2, 0) is 0 Å². The minimum Gasteiger partial charge on any atom is -0.397 e. The lowest BCUT2D eigenvalue weighted by Gasteiger charge is -2.11. The Morgan fingerprint density at radius 3 is 2.40 bits per heavy atom. The van der Waals surface area contributed by atoms with Gasteiger partial charge in [0.15, 0.2) is 5.78 Å². The predicted octanol–water partition coefficient (Wildman–Crippen LogP) is 4.33. The van der Waals surface area contributed by atoms with Crippen LogP contribution in [0.2, 0.25) is 0 Å². The Morgan fingerprint density at radius 2 is 1.88 bits per heavy atom. The molecule has 0 unspecified atom stereocenters. The second-order valence-corrected chi connectivity index (χ2v) is 7.22. The van der Waals surface area contributed by atoms with Gasteiger partial charge in [0.1, 0.15) is 22.3 Å². The van der Waals surface area contributed by atoms with E-state index < -0.39 is 0 Å².